The quantitative estimate of drug-likeness (QED) is 0.724. The highest BCUT2D eigenvalue weighted by molar-refractivity contribution is 6.39. The second kappa shape index (κ2) is 8.49. The molecule has 0 bridgehead atoms. The van der Waals surface area contributed by atoms with Crippen LogP contribution in [0.15, 0.2) is 48.5 Å². The van der Waals surface area contributed by atoms with E-state index in [0.717, 1.165) is 5.56 Å². The Labute approximate surface area is 145 Å². The molecule has 0 fully saturated rings. The Morgan fingerprint density at radius 3 is 2.08 bits per heavy atom. The van der Waals surface area contributed by atoms with E-state index in [1.54, 1.807) is 36.4 Å². The summed E-state index contributed by atoms with van der Waals surface area (Å²) in [4.78, 5) is 34.8. The van der Waals surface area contributed by atoms with Gasteiger partial charge in [0.05, 0.1) is 7.11 Å². The summed E-state index contributed by atoms with van der Waals surface area (Å²) in [6.45, 7) is 1.58. The van der Waals surface area contributed by atoms with E-state index >= 15 is 0 Å². The first-order valence-electron chi connectivity index (χ1n) is 7.58. The molecule has 0 aromatic heterocycles. The first-order valence-corrected chi connectivity index (χ1v) is 7.58. The molecule has 0 unspecified atom stereocenters. The van der Waals surface area contributed by atoms with Crippen LogP contribution in [0.1, 0.15) is 12.5 Å². The minimum atomic E-state index is -0.776. The normalized spacial score (nSPS) is 9.84. The Balaban J connectivity index is 1.89. The fourth-order valence-corrected chi connectivity index (χ4v) is 2.13. The molecule has 0 aliphatic heterocycles. The largest absolute Gasteiger partial charge is 0.496 e. The maximum Gasteiger partial charge on any atom is 0.313 e. The fraction of sp³-hybridized carbons (Fsp3) is 0.167. The zero-order chi connectivity index (χ0) is 18.2. The number of benzene rings is 2. The predicted molar refractivity (Wildman–Crippen MR) is 94.2 cm³/mol. The van der Waals surface area contributed by atoms with Crippen molar-refractivity contribution in [1.29, 1.82) is 0 Å². The van der Waals surface area contributed by atoms with Crippen molar-refractivity contribution in [3.05, 3.63) is 54.1 Å². The predicted octanol–water partition coefficient (Wildman–Crippen LogP) is 1.91. The van der Waals surface area contributed by atoms with E-state index < -0.39 is 11.8 Å². The number of carbonyl (C=O) groups excluding carboxylic acids is 3. The summed E-state index contributed by atoms with van der Waals surface area (Å²) in [6.07, 6.45) is 0. The van der Waals surface area contributed by atoms with Crippen LogP contribution in [-0.2, 0) is 20.9 Å². The third-order valence-electron chi connectivity index (χ3n) is 3.30. The third kappa shape index (κ3) is 5.35. The van der Waals surface area contributed by atoms with Gasteiger partial charge in [-0.2, -0.15) is 0 Å². The van der Waals surface area contributed by atoms with Gasteiger partial charge in [-0.3, -0.25) is 14.4 Å². The molecule has 0 aliphatic carbocycles. The molecule has 3 N–H and O–H groups in total. The maximum atomic E-state index is 11.9. The lowest BCUT2D eigenvalue weighted by atomic mass is 10.2. The molecule has 130 valence electrons. The van der Waals surface area contributed by atoms with Gasteiger partial charge >= 0.3 is 11.8 Å². The van der Waals surface area contributed by atoms with Crippen molar-refractivity contribution >= 4 is 29.1 Å². The zero-order valence-corrected chi connectivity index (χ0v) is 14.0. The van der Waals surface area contributed by atoms with Crippen LogP contribution >= 0.6 is 0 Å². The first-order chi connectivity index (χ1) is 12.0. The summed E-state index contributed by atoms with van der Waals surface area (Å²) in [7, 11) is 1.54. The molecule has 2 rings (SSSR count). The highest BCUT2D eigenvalue weighted by Crippen LogP contribution is 2.17. The van der Waals surface area contributed by atoms with Crippen LogP contribution in [-0.4, -0.2) is 24.8 Å². The molecule has 25 heavy (non-hydrogen) atoms. The fourth-order valence-electron chi connectivity index (χ4n) is 2.13. The molecule has 3 amide bonds. The van der Waals surface area contributed by atoms with Gasteiger partial charge in [-0.05, 0) is 30.3 Å². The highest BCUT2D eigenvalue weighted by Gasteiger charge is 2.14. The second-order valence-electron chi connectivity index (χ2n) is 5.21. The Morgan fingerprint density at radius 1 is 0.880 bits per heavy atom. The van der Waals surface area contributed by atoms with Crippen molar-refractivity contribution in [2.45, 2.75) is 13.5 Å². The standard InChI is InChI=1S/C18H19N3O4/c1-12(22)20-14-7-9-15(10-8-14)21-18(24)17(23)19-11-13-5-3-4-6-16(13)25-2/h3-10H,11H2,1-2H3,(H,19,23)(H,20,22)(H,21,24). The lowest BCUT2D eigenvalue weighted by Gasteiger charge is -2.10. The Hall–Kier alpha value is -3.35. The zero-order valence-electron chi connectivity index (χ0n) is 14.0. The van der Waals surface area contributed by atoms with Crippen molar-refractivity contribution in [1.82, 2.24) is 5.32 Å². The van der Waals surface area contributed by atoms with Gasteiger partial charge in [0.2, 0.25) is 5.91 Å². The van der Waals surface area contributed by atoms with E-state index in [2.05, 4.69) is 16.0 Å². The van der Waals surface area contributed by atoms with E-state index in [0.29, 0.717) is 17.1 Å². The smallest absolute Gasteiger partial charge is 0.313 e. The van der Waals surface area contributed by atoms with Crippen LogP contribution in [0.4, 0.5) is 11.4 Å². The molecule has 0 aliphatic rings. The number of methoxy groups -OCH3 is 1. The summed E-state index contributed by atoms with van der Waals surface area (Å²) >= 11 is 0. The molecule has 0 spiro atoms. The summed E-state index contributed by atoms with van der Waals surface area (Å²) in [5, 5.41) is 7.65. The topological polar surface area (TPSA) is 96.5 Å². The number of anilines is 2. The van der Waals surface area contributed by atoms with Crippen LogP contribution < -0.4 is 20.7 Å². The van der Waals surface area contributed by atoms with Gasteiger partial charge in [0.15, 0.2) is 0 Å². The number of hydrogen-bond donors (Lipinski definition) is 3. The van der Waals surface area contributed by atoms with Gasteiger partial charge in [-0.25, -0.2) is 0 Å². The van der Waals surface area contributed by atoms with E-state index in [9.17, 15) is 14.4 Å². The molecule has 2 aromatic carbocycles. The minimum absolute atomic E-state index is 0.178. The monoisotopic (exact) mass is 341 g/mol. The lowest BCUT2D eigenvalue weighted by Crippen LogP contribution is -2.35. The number of nitrogens with one attached hydrogen (secondary N) is 3. The average Bonchev–Trinajstić information content (AvgIpc) is 2.61. The third-order valence-corrected chi connectivity index (χ3v) is 3.30. The van der Waals surface area contributed by atoms with Gasteiger partial charge in [0, 0.05) is 30.4 Å². The Morgan fingerprint density at radius 2 is 1.48 bits per heavy atom. The van der Waals surface area contributed by atoms with Crippen LogP contribution in [0.3, 0.4) is 0 Å². The lowest BCUT2D eigenvalue weighted by molar-refractivity contribution is -0.136. The molecule has 0 heterocycles. The summed E-state index contributed by atoms with van der Waals surface area (Å²) in [5.74, 6) is -1.08. The number of ether oxygens (including phenoxy) is 1. The molecule has 0 saturated heterocycles. The van der Waals surface area contributed by atoms with E-state index in [4.69, 9.17) is 4.74 Å². The molecule has 2 aromatic rings. The second-order valence-corrected chi connectivity index (χ2v) is 5.21. The van der Waals surface area contributed by atoms with Crippen molar-refractivity contribution < 1.29 is 19.1 Å². The number of carbonyl (C=O) groups is 3. The van der Waals surface area contributed by atoms with Crippen LogP contribution in [0, 0.1) is 0 Å². The van der Waals surface area contributed by atoms with Crippen molar-refractivity contribution in [2.75, 3.05) is 17.7 Å². The molecule has 0 saturated carbocycles. The average molecular weight is 341 g/mol. The number of amides is 3. The van der Waals surface area contributed by atoms with Crippen LogP contribution in [0.5, 0.6) is 5.75 Å². The highest BCUT2D eigenvalue weighted by atomic mass is 16.5. The van der Waals surface area contributed by atoms with Gasteiger partial charge in [0.25, 0.3) is 0 Å². The molecule has 7 heteroatoms. The van der Waals surface area contributed by atoms with E-state index in [1.807, 2.05) is 12.1 Å². The molecule has 7 nitrogen and oxygen atoms in total. The summed E-state index contributed by atoms with van der Waals surface area (Å²) < 4.78 is 5.19. The molecular formula is C18H19N3O4. The van der Waals surface area contributed by atoms with Crippen LogP contribution in [0.2, 0.25) is 0 Å². The van der Waals surface area contributed by atoms with Gasteiger partial charge in [-0.15, -0.1) is 0 Å². The van der Waals surface area contributed by atoms with Crippen LogP contribution in [0.25, 0.3) is 0 Å². The van der Waals surface area contributed by atoms with E-state index in [1.165, 1.54) is 14.0 Å². The Bertz CT molecular complexity index is 772. The van der Waals surface area contributed by atoms with E-state index in [-0.39, 0.29) is 12.5 Å². The van der Waals surface area contributed by atoms with Crippen molar-refractivity contribution in [2.24, 2.45) is 0 Å². The SMILES string of the molecule is COc1ccccc1CNC(=O)C(=O)Nc1ccc(NC(C)=O)cc1. The maximum absolute atomic E-state index is 11.9. The Kier molecular flexibility index (Phi) is 6.11. The number of rotatable bonds is 5. The number of para-hydroxylation sites is 1. The summed E-state index contributed by atoms with van der Waals surface area (Å²) in [5.41, 5.74) is 1.82. The molecule has 0 atom stereocenters. The number of hydrogen-bond acceptors (Lipinski definition) is 4. The molecule has 0 radical (unpaired) electrons. The van der Waals surface area contributed by atoms with Gasteiger partial charge in [0.1, 0.15) is 5.75 Å². The minimum Gasteiger partial charge on any atom is -0.496 e. The van der Waals surface area contributed by atoms with Crippen molar-refractivity contribution in [3.63, 3.8) is 0 Å². The first kappa shape index (κ1) is 18.0. The summed E-state index contributed by atoms with van der Waals surface area (Å²) in [6, 6.07) is 13.7. The van der Waals surface area contributed by atoms with Crippen molar-refractivity contribution in [3.8, 4) is 5.75 Å². The molecular weight excluding hydrogens is 322 g/mol. The van der Waals surface area contributed by atoms with Gasteiger partial charge < -0.3 is 20.7 Å². The van der Waals surface area contributed by atoms with Gasteiger partial charge in [-0.1, -0.05) is 18.2 Å².